The Morgan fingerprint density at radius 2 is 1.95 bits per heavy atom. The van der Waals surface area contributed by atoms with Crippen molar-refractivity contribution in [3.05, 3.63) is 34.4 Å². The average molecular weight is 262 g/mol. The van der Waals surface area contributed by atoms with Gasteiger partial charge in [-0.2, -0.15) is 0 Å². The molecule has 1 unspecified atom stereocenters. The van der Waals surface area contributed by atoms with Crippen LogP contribution in [0.15, 0.2) is 12.1 Å². The van der Waals surface area contributed by atoms with Crippen LogP contribution in [0.2, 0.25) is 0 Å². The van der Waals surface area contributed by atoms with Gasteiger partial charge in [0, 0.05) is 6.54 Å². The lowest BCUT2D eigenvalue weighted by Crippen LogP contribution is -2.35. The number of amides is 2. The number of carbonyl (C=O) groups excluding carboxylic acids is 1. The highest BCUT2D eigenvalue weighted by molar-refractivity contribution is 5.82. The Labute approximate surface area is 112 Å². The summed E-state index contributed by atoms with van der Waals surface area (Å²) in [5.74, 6) is -0.996. The number of carbonyl (C=O) groups is 2. The van der Waals surface area contributed by atoms with Crippen LogP contribution in [-0.2, 0) is 4.79 Å². The van der Waals surface area contributed by atoms with Gasteiger partial charge < -0.3 is 15.3 Å². The highest BCUT2D eigenvalue weighted by Gasteiger charge is 2.34. The summed E-state index contributed by atoms with van der Waals surface area (Å²) in [7, 11) is 0. The van der Waals surface area contributed by atoms with Crippen LogP contribution in [0.5, 0.6) is 0 Å². The predicted octanol–water partition coefficient (Wildman–Crippen LogP) is 1.76. The van der Waals surface area contributed by atoms with Crippen molar-refractivity contribution in [2.24, 2.45) is 0 Å². The number of benzene rings is 1. The van der Waals surface area contributed by atoms with Crippen molar-refractivity contribution >= 4 is 12.0 Å². The number of hydrogen-bond donors (Lipinski definition) is 2. The first-order valence-corrected chi connectivity index (χ1v) is 6.24. The fourth-order valence-corrected chi connectivity index (χ4v) is 2.84. The second kappa shape index (κ2) is 4.91. The van der Waals surface area contributed by atoms with E-state index in [4.69, 9.17) is 5.11 Å². The Balaban J connectivity index is 2.40. The molecular weight excluding hydrogens is 244 g/mol. The van der Waals surface area contributed by atoms with Crippen LogP contribution in [0.3, 0.4) is 0 Å². The van der Waals surface area contributed by atoms with E-state index >= 15 is 0 Å². The van der Waals surface area contributed by atoms with Gasteiger partial charge in [-0.25, -0.2) is 4.79 Å². The topological polar surface area (TPSA) is 69.6 Å². The number of aryl methyl sites for hydroxylation is 3. The van der Waals surface area contributed by atoms with Crippen molar-refractivity contribution in [3.63, 3.8) is 0 Å². The van der Waals surface area contributed by atoms with E-state index < -0.39 is 5.97 Å². The number of urea groups is 1. The molecule has 2 rings (SSSR count). The third-order valence-electron chi connectivity index (χ3n) is 3.46. The van der Waals surface area contributed by atoms with Crippen LogP contribution in [0, 0.1) is 20.8 Å². The van der Waals surface area contributed by atoms with Gasteiger partial charge >= 0.3 is 12.0 Å². The molecule has 0 saturated carbocycles. The highest BCUT2D eigenvalue weighted by Crippen LogP contribution is 2.30. The molecule has 1 aromatic carbocycles. The first-order chi connectivity index (χ1) is 8.90. The molecule has 1 heterocycles. The maximum Gasteiger partial charge on any atom is 0.323 e. The molecule has 5 nitrogen and oxygen atoms in total. The summed E-state index contributed by atoms with van der Waals surface area (Å²) in [5, 5.41) is 11.6. The van der Waals surface area contributed by atoms with Gasteiger partial charge in [-0.1, -0.05) is 17.7 Å². The number of rotatable bonds is 3. The zero-order valence-electron chi connectivity index (χ0n) is 11.4. The molecule has 2 N–H and O–H groups in total. The van der Waals surface area contributed by atoms with Crippen molar-refractivity contribution in [1.29, 1.82) is 0 Å². The van der Waals surface area contributed by atoms with E-state index in [0.29, 0.717) is 6.54 Å². The molecule has 1 atom stereocenters. The number of carboxylic acids is 1. The van der Waals surface area contributed by atoms with Crippen LogP contribution in [0.1, 0.15) is 28.3 Å². The fourth-order valence-electron chi connectivity index (χ4n) is 2.84. The summed E-state index contributed by atoms with van der Waals surface area (Å²) in [6.07, 6.45) is 0. The lowest BCUT2D eigenvalue weighted by molar-refractivity contribution is -0.137. The van der Waals surface area contributed by atoms with Crippen molar-refractivity contribution in [3.8, 4) is 0 Å². The lowest BCUT2D eigenvalue weighted by Gasteiger charge is -2.25. The van der Waals surface area contributed by atoms with Crippen LogP contribution in [-0.4, -0.2) is 35.1 Å². The van der Waals surface area contributed by atoms with E-state index in [-0.39, 0.29) is 18.6 Å². The van der Waals surface area contributed by atoms with Gasteiger partial charge in [0.2, 0.25) is 0 Å². The quantitative estimate of drug-likeness (QED) is 0.872. The molecule has 1 aliphatic heterocycles. The summed E-state index contributed by atoms with van der Waals surface area (Å²) in [6, 6.07) is 3.60. The number of carboxylic acid groups (broad SMARTS) is 1. The molecule has 1 fully saturated rings. The van der Waals surface area contributed by atoms with E-state index in [0.717, 1.165) is 16.7 Å². The maximum atomic E-state index is 11.7. The van der Waals surface area contributed by atoms with Crippen LogP contribution in [0.25, 0.3) is 0 Å². The van der Waals surface area contributed by atoms with Crippen molar-refractivity contribution in [2.45, 2.75) is 26.8 Å². The first-order valence-electron chi connectivity index (χ1n) is 6.24. The van der Waals surface area contributed by atoms with Gasteiger partial charge in [0.25, 0.3) is 0 Å². The van der Waals surface area contributed by atoms with Crippen LogP contribution in [0.4, 0.5) is 4.79 Å². The van der Waals surface area contributed by atoms with E-state index in [1.54, 1.807) is 0 Å². The molecule has 1 aromatic rings. The molecule has 2 amide bonds. The van der Waals surface area contributed by atoms with E-state index in [1.807, 2.05) is 20.8 Å². The smallest absolute Gasteiger partial charge is 0.323 e. The Morgan fingerprint density at radius 3 is 2.47 bits per heavy atom. The minimum absolute atomic E-state index is 0.204. The molecule has 0 radical (unpaired) electrons. The molecule has 0 spiro atoms. The molecular formula is C14H18N2O3. The average Bonchev–Trinajstić information content (AvgIpc) is 2.59. The number of nitrogens with zero attached hydrogens (tertiary/aromatic N) is 1. The van der Waals surface area contributed by atoms with Gasteiger partial charge in [-0.3, -0.25) is 4.79 Å². The fraction of sp³-hybridized carbons (Fsp3) is 0.429. The summed E-state index contributed by atoms with van der Waals surface area (Å²) in [6.45, 7) is 6.20. The third-order valence-corrected chi connectivity index (χ3v) is 3.46. The van der Waals surface area contributed by atoms with Gasteiger partial charge in [-0.15, -0.1) is 0 Å². The van der Waals surface area contributed by atoms with Gasteiger partial charge in [0.05, 0.1) is 6.04 Å². The zero-order chi connectivity index (χ0) is 14.2. The number of hydrogen-bond acceptors (Lipinski definition) is 2. The Morgan fingerprint density at radius 1 is 1.37 bits per heavy atom. The van der Waals surface area contributed by atoms with Crippen LogP contribution >= 0.6 is 0 Å². The van der Waals surface area contributed by atoms with Gasteiger partial charge in [-0.05, 0) is 37.5 Å². The molecule has 0 aromatic heterocycles. The second-order valence-corrected chi connectivity index (χ2v) is 5.04. The van der Waals surface area contributed by atoms with Crippen molar-refractivity contribution in [2.75, 3.05) is 13.1 Å². The molecule has 0 bridgehead atoms. The second-order valence-electron chi connectivity index (χ2n) is 5.04. The van der Waals surface area contributed by atoms with Gasteiger partial charge in [0.1, 0.15) is 6.54 Å². The summed E-state index contributed by atoms with van der Waals surface area (Å²) in [4.78, 5) is 24.0. The summed E-state index contributed by atoms with van der Waals surface area (Å²) in [5.41, 5.74) is 4.40. The Kier molecular flexibility index (Phi) is 3.46. The maximum absolute atomic E-state index is 11.7. The van der Waals surface area contributed by atoms with Crippen molar-refractivity contribution < 1.29 is 14.7 Å². The molecule has 102 valence electrons. The first kappa shape index (κ1) is 13.4. The standard InChI is InChI=1S/C14H18N2O3/c1-8-4-9(2)13(10(3)5-8)11-6-15-14(19)16(11)7-12(17)18/h4-5,11H,6-7H2,1-3H3,(H,15,19)(H,17,18). The minimum atomic E-state index is -0.996. The van der Waals surface area contributed by atoms with E-state index in [9.17, 15) is 9.59 Å². The molecule has 1 saturated heterocycles. The van der Waals surface area contributed by atoms with Crippen LogP contribution < -0.4 is 5.32 Å². The van der Waals surface area contributed by atoms with Gasteiger partial charge in [0.15, 0.2) is 0 Å². The summed E-state index contributed by atoms with van der Waals surface area (Å²) >= 11 is 0. The molecule has 0 aliphatic carbocycles. The lowest BCUT2D eigenvalue weighted by atomic mass is 9.94. The third kappa shape index (κ3) is 2.54. The predicted molar refractivity (Wildman–Crippen MR) is 71.1 cm³/mol. The number of aliphatic carboxylic acids is 1. The Bertz CT molecular complexity index is 516. The normalized spacial score (nSPS) is 18.6. The van der Waals surface area contributed by atoms with E-state index in [2.05, 4.69) is 17.4 Å². The summed E-state index contributed by atoms with van der Waals surface area (Å²) < 4.78 is 0. The molecule has 5 heteroatoms. The SMILES string of the molecule is Cc1cc(C)c(C2CNC(=O)N2CC(=O)O)c(C)c1. The molecule has 19 heavy (non-hydrogen) atoms. The zero-order valence-corrected chi connectivity index (χ0v) is 11.4. The van der Waals surface area contributed by atoms with E-state index in [1.165, 1.54) is 10.5 Å². The minimum Gasteiger partial charge on any atom is -0.480 e. The van der Waals surface area contributed by atoms with Crippen molar-refractivity contribution in [1.82, 2.24) is 10.2 Å². The number of nitrogens with one attached hydrogen (secondary N) is 1. The highest BCUT2D eigenvalue weighted by atomic mass is 16.4. The Hall–Kier alpha value is -2.04. The molecule has 1 aliphatic rings. The largest absolute Gasteiger partial charge is 0.480 e. The monoisotopic (exact) mass is 262 g/mol.